The first-order valence-corrected chi connectivity index (χ1v) is 9.39. The number of hydrogen-bond acceptors (Lipinski definition) is 5. The quantitative estimate of drug-likeness (QED) is 0.343. The zero-order valence-corrected chi connectivity index (χ0v) is 16.1. The molecule has 0 saturated heterocycles. The molecule has 0 aliphatic heterocycles. The number of rotatable bonds is 4. The lowest BCUT2D eigenvalue weighted by Gasteiger charge is -2.16. The molecule has 0 aliphatic carbocycles. The molecule has 0 heterocycles. The van der Waals surface area contributed by atoms with E-state index in [2.05, 4.69) is 5.32 Å². The van der Waals surface area contributed by atoms with Gasteiger partial charge in [0, 0.05) is 21.8 Å². The number of carbonyl (C=O) groups excluding carboxylic acids is 2. The minimum Gasteiger partial charge on any atom is -0.507 e. The van der Waals surface area contributed by atoms with Gasteiger partial charge in [0.2, 0.25) is 0 Å². The molecule has 4 aromatic rings. The molecule has 4 aromatic carbocycles. The van der Waals surface area contributed by atoms with Gasteiger partial charge in [-0.25, -0.2) is 4.79 Å². The van der Waals surface area contributed by atoms with Crippen molar-refractivity contribution in [2.75, 3.05) is 5.32 Å². The lowest BCUT2D eigenvalue weighted by atomic mass is 10.0. The third-order valence-corrected chi connectivity index (χ3v) is 4.91. The smallest absolute Gasteiger partial charge is 0.342 e. The van der Waals surface area contributed by atoms with Gasteiger partial charge in [0.1, 0.15) is 17.1 Å². The molecule has 30 heavy (non-hydrogen) atoms. The molecule has 0 spiro atoms. The van der Waals surface area contributed by atoms with Crippen molar-refractivity contribution in [3.05, 3.63) is 78.4 Å². The van der Waals surface area contributed by atoms with Crippen molar-refractivity contribution in [2.24, 2.45) is 0 Å². The van der Waals surface area contributed by atoms with Gasteiger partial charge in [-0.1, -0.05) is 60.7 Å². The Hall–Kier alpha value is -4.06. The lowest BCUT2D eigenvalue weighted by molar-refractivity contribution is -0.123. The summed E-state index contributed by atoms with van der Waals surface area (Å²) in [7, 11) is 0. The number of esters is 1. The number of benzene rings is 4. The molecule has 0 unspecified atom stereocenters. The van der Waals surface area contributed by atoms with Crippen LogP contribution in [-0.4, -0.2) is 28.2 Å². The van der Waals surface area contributed by atoms with Crippen LogP contribution in [0.1, 0.15) is 17.3 Å². The molecule has 150 valence electrons. The summed E-state index contributed by atoms with van der Waals surface area (Å²) >= 11 is 0. The first-order valence-electron chi connectivity index (χ1n) is 9.39. The van der Waals surface area contributed by atoms with E-state index >= 15 is 0 Å². The second kappa shape index (κ2) is 7.75. The van der Waals surface area contributed by atoms with E-state index in [-0.39, 0.29) is 17.1 Å². The molecule has 3 N–H and O–H groups in total. The van der Waals surface area contributed by atoms with Crippen LogP contribution in [-0.2, 0) is 9.53 Å². The Bertz CT molecular complexity index is 1280. The number of hydrogen-bond donors (Lipinski definition) is 3. The predicted octanol–water partition coefficient (Wildman–Crippen LogP) is 4.59. The maximum absolute atomic E-state index is 12.6. The van der Waals surface area contributed by atoms with Gasteiger partial charge in [-0.15, -0.1) is 0 Å². The third-order valence-electron chi connectivity index (χ3n) is 4.91. The summed E-state index contributed by atoms with van der Waals surface area (Å²) in [5, 5.41) is 25.9. The number of phenolic OH excluding ortho intramolecular Hbond substituents is 2. The Labute approximate surface area is 172 Å². The van der Waals surface area contributed by atoms with Crippen LogP contribution in [0.3, 0.4) is 0 Å². The Kier molecular flexibility index (Phi) is 4.98. The summed E-state index contributed by atoms with van der Waals surface area (Å²) in [6, 6.07) is 20.8. The number of amides is 1. The largest absolute Gasteiger partial charge is 0.507 e. The van der Waals surface area contributed by atoms with Gasteiger partial charge in [-0.3, -0.25) is 4.79 Å². The fraction of sp³-hybridized carbons (Fsp3) is 0.0833. The third kappa shape index (κ3) is 3.51. The van der Waals surface area contributed by atoms with Crippen LogP contribution in [0.25, 0.3) is 21.5 Å². The Morgan fingerprint density at radius 3 is 2.27 bits per heavy atom. The Balaban J connectivity index is 1.54. The summed E-state index contributed by atoms with van der Waals surface area (Å²) in [5.41, 5.74) is 0.392. The molecule has 0 saturated carbocycles. The molecular formula is C24H19NO5. The molecule has 1 amide bonds. The van der Waals surface area contributed by atoms with E-state index in [0.29, 0.717) is 16.5 Å². The number of aromatic hydroxyl groups is 2. The Morgan fingerprint density at radius 1 is 0.867 bits per heavy atom. The second-order valence-corrected chi connectivity index (χ2v) is 6.90. The van der Waals surface area contributed by atoms with Crippen molar-refractivity contribution in [1.82, 2.24) is 0 Å². The van der Waals surface area contributed by atoms with E-state index in [1.54, 1.807) is 30.3 Å². The van der Waals surface area contributed by atoms with Crippen molar-refractivity contribution in [3.8, 4) is 11.5 Å². The molecule has 0 aliphatic rings. The zero-order valence-electron chi connectivity index (χ0n) is 16.1. The molecule has 6 heteroatoms. The second-order valence-electron chi connectivity index (χ2n) is 6.90. The molecule has 4 rings (SSSR count). The van der Waals surface area contributed by atoms with Gasteiger partial charge in [-0.05, 0) is 24.4 Å². The number of phenols is 2. The number of anilines is 1. The monoisotopic (exact) mass is 401 g/mol. The zero-order chi connectivity index (χ0) is 21.3. The minimum absolute atomic E-state index is 0.164. The van der Waals surface area contributed by atoms with Crippen LogP contribution < -0.4 is 5.32 Å². The van der Waals surface area contributed by atoms with Gasteiger partial charge < -0.3 is 20.3 Å². The van der Waals surface area contributed by atoms with Crippen molar-refractivity contribution >= 4 is 39.1 Å². The lowest BCUT2D eigenvalue weighted by Crippen LogP contribution is -2.30. The van der Waals surface area contributed by atoms with Crippen LogP contribution in [0, 0.1) is 0 Å². The first kappa shape index (κ1) is 19.3. The number of nitrogens with one attached hydrogen (secondary N) is 1. The average Bonchev–Trinajstić information content (AvgIpc) is 2.76. The highest BCUT2D eigenvalue weighted by Crippen LogP contribution is 2.35. The maximum Gasteiger partial charge on any atom is 0.342 e. The summed E-state index contributed by atoms with van der Waals surface area (Å²) in [6.07, 6.45) is -1.12. The molecular weight excluding hydrogens is 382 g/mol. The average molecular weight is 401 g/mol. The molecule has 0 fully saturated rings. The van der Waals surface area contributed by atoms with Crippen LogP contribution in [0.5, 0.6) is 11.5 Å². The number of ether oxygens (including phenoxy) is 1. The molecule has 6 nitrogen and oxygen atoms in total. The van der Waals surface area contributed by atoms with Gasteiger partial charge in [0.05, 0.1) is 0 Å². The summed E-state index contributed by atoms with van der Waals surface area (Å²) in [4.78, 5) is 25.2. The molecule has 0 radical (unpaired) electrons. The van der Waals surface area contributed by atoms with Gasteiger partial charge in [-0.2, -0.15) is 0 Å². The van der Waals surface area contributed by atoms with Crippen molar-refractivity contribution in [2.45, 2.75) is 13.0 Å². The van der Waals surface area contributed by atoms with E-state index < -0.39 is 18.0 Å². The van der Waals surface area contributed by atoms with E-state index in [4.69, 9.17) is 4.74 Å². The van der Waals surface area contributed by atoms with Crippen molar-refractivity contribution in [3.63, 3.8) is 0 Å². The molecule has 1 atom stereocenters. The van der Waals surface area contributed by atoms with Crippen molar-refractivity contribution in [1.29, 1.82) is 0 Å². The highest BCUT2D eigenvalue weighted by molar-refractivity contribution is 6.06. The number of fused-ring (bicyclic) bond motifs is 2. The first-order chi connectivity index (χ1) is 14.5. The fourth-order valence-electron chi connectivity index (χ4n) is 3.34. The highest BCUT2D eigenvalue weighted by Gasteiger charge is 2.23. The van der Waals surface area contributed by atoms with Crippen LogP contribution in [0.4, 0.5) is 5.69 Å². The van der Waals surface area contributed by atoms with Crippen LogP contribution >= 0.6 is 0 Å². The van der Waals surface area contributed by atoms with Crippen LogP contribution in [0.15, 0.2) is 72.8 Å². The topological polar surface area (TPSA) is 95.9 Å². The van der Waals surface area contributed by atoms with Crippen molar-refractivity contribution < 1.29 is 24.5 Å². The van der Waals surface area contributed by atoms with Gasteiger partial charge in [0.25, 0.3) is 5.91 Å². The highest BCUT2D eigenvalue weighted by atomic mass is 16.5. The van der Waals surface area contributed by atoms with E-state index in [1.807, 2.05) is 36.4 Å². The van der Waals surface area contributed by atoms with E-state index in [9.17, 15) is 19.8 Å². The standard InChI is InChI=1S/C24H19NO5/c1-14(23(28)25-20-12-6-8-15-7-2-3-9-16(15)20)30-24(29)19-13-21(26)17-10-4-5-11-18(17)22(19)27/h2-14,26-27H,1H3,(H,25,28)/t14-/m1/s1. The maximum atomic E-state index is 12.6. The minimum atomic E-state index is -1.12. The summed E-state index contributed by atoms with van der Waals surface area (Å²) in [5.74, 6) is -1.89. The normalized spacial score (nSPS) is 11.9. The van der Waals surface area contributed by atoms with E-state index in [1.165, 1.54) is 6.92 Å². The van der Waals surface area contributed by atoms with Crippen LogP contribution in [0.2, 0.25) is 0 Å². The van der Waals surface area contributed by atoms with Gasteiger partial charge in [0.15, 0.2) is 6.10 Å². The van der Waals surface area contributed by atoms with E-state index in [0.717, 1.165) is 16.8 Å². The molecule has 0 bridgehead atoms. The summed E-state index contributed by atoms with van der Waals surface area (Å²) < 4.78 is 5.25. The SMILES string of the molecule is C[C@@H](OC(=O)c1cc(O)c2ccccc2c1O)C(=O)Nc1cccc2ccccc12. The molecule has 0 aromatic heterocycles. The van der Waals surface area contributed by atoms with Gasteiger partial charge >= 0.3 is 5.97 Å². The Morgan fingerprint density at radius 2 is 1.50 bits per heavy atom. The summed E-state index contributed by atoms with van der Waals surface area (Å²) in [6.45, 7) is 1.44. The number of carbonyl (C=O) groups is 2. The fourth-order valence-corrected chi connectivity index (χ4v) is 3.34. The predicted molar refractivity (Wildman–Crippen MR) is 115 cm³/mol.